The van der Waals surface area contributed by atoms with Crippen molar-refractivity contribution in [2.75, 3.05) is 7.11 Å². The van der Waals surface area contributed by atoms with Crippen molar-refractivity contribution in [1.82, 2.24) is 10.7 Å². The first kappa shape index (κ1) is 29.1. The first-order valence-corrected chi connectivity index (χ1v) is 12.5. The number of benzene rings is 3. The molecule has 3 rings (SSSR count). The van der Waals surface area contributed by atoms with Crippen LogP contribution < -0.4 is 20.2 Å². The minimum atomic E-state index is -0.886. The van der Waals surface area contributed by atoms with Gasteiger partial charge < -0.3 is 14.8 Å². The summed E-state index contributed by atoms with van der Waals surface area (Å²) >= 11 is 5.88. The van der Waals surface area contributed by atoms with E-state index in [9.17, 15) is 19.7 Å². The van der Waals surface area contributed by atoms with Gasteiger partial charge in [0, 0.05) is 10.6 Å². The summed E-state index contributed by atoms with van der Waals surface area (Å²) in [4.78, 5) is 36.7. The van der Waals surface area contributed by atoms with Gasteiger partial charge in [-0.1, -0.05) is 55.8 Å². The van der Waals surface area contributed by atoms with Crippen LogP contribution in [0.25, 0.3) is 0 Å². The number of amides is 2. The van der Waals surface area contributed by atoms with E-state index in [4.69, 9.17) is 21.1 Å². The highest BCUT2D eigenvalue weighted by molar-refractivity contribution is 6.30. The third-order valence-electron chi connectivity index (χ3n) is 5.56. The van der Waals surface area contributed by atoms with E-state index < -0.39 is 22.8 Å². The molecule has 0 heterocycles. The van der Waals surface area contributed by atoms with Crippen LogP contribution in [0.4, 0.5) is 5.69 Å². The maximum Gasteiger partial charge on any atom is 0.282 e. The Labute approximate surface area is 231 Å². The molecule has 2 amide bonds. The van der Waals surface area contributed by atoms with Gasteiger partial charge in [0.15, 0.2) is 11.5 Å². The number of nitrogens with one attached hydrogen (secondary N) is 2. The number of rotatable bonds is 12. The molecule has 0 radical (unpaired) electrons. The average molecular weight is 553 g/mol. The molecule has 0 bridgehead atoms. The van der Waals surface area contributed by atoms with Crippen molar-refractivity contribution in [3.63, 3.8) is 0 Å². The Morgan fingerprint density at radius 1 is 1.08 bits per heavy atom. The molecule has 3 aromatic rings. The topological polar surface area (TPSA) is 132 Å². The summed E-state index contributed by atoms with van der Waals surface area (Å²) in [7, 11) is 1.42. The smallest absolute Gasteiger partial charge is 0.282 e. The number of hydrazone groups is 1. The quantitative estimate of drug-likeness (QED) is 0.182. The Morgan fingerprint density at radius 2 is 1.77 bits per heavy atom. The van der Waals surface area contributed by atoms with Gasteiger partial charge in [-0.15, -0.1) is 0 Å². The van der Waals surface area contributed by atoms with Gasteiger partial charge >= 0.3 is 0 Å². The highest BCUT2D eigenvalue weighted by atomic mass is 35.5. The molecule has 0 aliphatic heterocycles. The lowest BCUT2D eigenvalue weighted by atomic mass is 10.0. The van der Waals surface area contributed by atoms with E-state index in [1.807, 2.05) is 44.2 Å². The number of carbonyl (C=O) groups excluding carboxylic acids is 2. The predicted octanol–water partition coefficient (Wildman–Crippen LogP) is 5.13. The molecule has 0 saturated carbocycles. The van der Waals surface area contributed by atoms with Crippen LogP contribution in [0.5, 0.6) is 11.5 Å². The van der Waals surface area contributed by atoms with Crippen LogP contribution in [-0.4, -0.2) is 36.1 Å². The van der Waals surface area contributed by atoms with E-state index in [0.717, 1.165) is 11.8 Å². The number of hydrogen-bond donors (Lipinski definition) is 2. The summed E-state index contributed by atoms with van der Waals surface area (Å²) < 4.78 is 11.1. The van der Waals surface area contributed by atoms with Crippen LogP contribution in [0, 0.1) is 16.0 Å². The zero-order valence-electron chi connectivity index (χ0n) is 21.7. The fourth-order valence-corrected chi connectivity index (χ4v) is 3.75. The van der Waals surface area contributed by atoms with Crippen molar-refractivity contribution >= 4 is 35.3 Å². The number of ether oxygens (including phenoxy) is 2. The van der Waals surface area contributed by atoms with Gasteiger partial charge in [0.2, 0.25) is 0 Å². The van der Waals surface area contributed by atoms with E-state index in [0.29, 0.717) is 17.0 Å². The Kier molecular flexibility index (Phi) is 10.4. The Hall–Kier alpha value is -4.44. The minimum absolute atomic E-state index is 0.0871. The van der Waals surface area contributed by atoms with E-state index in [1.165, 1.54) is 19.2 Å². The lowest BCUT2D eigenvalue weighted by Gasteiger charge is -2.19. The maximum atomic E-state index is 12.9. The monoisotopic (exact) mass is 552 g/mol. The number of halogens is 1. The third-order valence-corrected chi connectivity index (χ3v) is 5.81. The molecule has 39 heavy (non-hydrogen) atoms. The van der Waals surface area contributed by atoms with Crippen molar-refractivity contribution in [3.05, 3.63) is 98.6 Å². The van der Waals surface area contributed by atoms with Gasteiger partial charge in [-0.2, -0.15) is 5.10 Å². The molecule has 0 fully saturated rings. The summed E-state index contributed by atoms with van der Waals surface area (Å²) in [5.74, 6) is -0.472. The van der Waals surface area contributed by atoms with Gasteiger partial charge in [-0.3, -0.25) is 19.7 Å². The van der Waals surface area contributed by atoms with Crippen molar-refractivity contribution < 1.29 is 24.0 Å². The largest absolute Gasteiger partial charge is 0.493 e. The van der Waals surface area contributed by atoms with Crippen molar-refractivity contribution in [2.24, 2.45) is 11.0 Å². The van der Waals surface area contributed by atoms with Crippen LogP contribution in [-0.2, 0) is 11.4 Å². The molecule has 0 saturated heterocycles. The number of nitro groups is 1. The normalized spacial score (nSPS) is 11.7. The molecular formula is C28H29ClN4O6. The van der Waals surface area contributed by atoms with E-state index in [2.05, 4.69) is 15.8 Å². The van der Waals surface area contributed by atoms with Gasteiger partial charge in [0.1, 0.15) is 12.6 Å². The summed E-state index contributed by atoms with van der Waals surface area (Å²) in [6.07, 6.45) is 1.50. The fourth-order valence-electron chi connectivity index (χ4n) is 3.62. The van der Waals surface area contributed by atoms with Crippen LogP contribution in [0.1, 0.15) is 41.8 Å². The third kappa shape index (κ3) is 8.54. The van der Waals surface area contributed by atoms with Gasteiger partial charge in [-0.25, -0.2) is 5.43 Å². The summed E-state index contributed by atoms with van der Waals surface area (Å²) in [6.45, 7) is 4.01. The van der Waals surface area contributed by atoms with Gasteiger partial charge in [-0.05, 0) is 48.2 Å². The molecule has 3 aromatic carbocycles. The molecule has 204 valence electrons. The summed E-state index contributed by atoms with van der Waals surface area (Å²) in [5, 5.41) is 18.9. The van der Waals surface area contributed by atoms with E-state index >= 15 is 0 Å². The number of hydrogen-bond acceptors (Lipinski definition) is 7. The van der Waals surface area contributed by atoms with Crippen molar-refractivity contribution in [3.8, 4) is 11.5 Å². The SMILES string of the molecule is COc1cc(/C=N/NC(=O)C(CC(C)C)NC(=O)c2ccc(Cl)cc2)c([N+](=O)[O-])cc1OCc1ccccc1. The highest BCUT2D eigenvalue weighted by Gasteiger charge is 2.23. The molecule has 10 nitrogen and oxygen atoms in total. The van der Waals surface area contributed by atoms with Gasteiger partial charge in [0.05, 0.1) is 29.9 Å². The minimum Gasteiger partial charge on any atom is -0.493 e. The fraction of sp³-hybridized carbons (Fsp3) is 0.250. The lowest BCUT2D eigenvalue weighted by Crippen LogP contribution is -2.46. The molecule has 11 heteroatoms. The first-order chi connectivity index (χ1) is 18.7. The number of methoxy groups -OCH3 is 1. The highest BCUT2D eigenvalue weighted by Crippen LogP contribution is 2.34. The number of carbonyl (C=O) groups is 2. The van der Waals surface area contributed by atoms with Crippen LogP contribution in [0.2, 0.25) is 5.02 Å². The molecule has 1 atom stereocenters. The summed E-state index contributed by atoms with van der Waals surface area (Å²) in [5.41, 5.74) is 3.41. The summed E-state index contributed by atoms with van der Waals surface area (Å²) in [6, 6.07) is 17.4. The van der Waals surface area contributed by atoms with Crippen LogP contribution in [0.15, 0.2) is 71.8 Å². The van der Waals surface area contributed by atoms with Crippen LogP contribution in [0.3, 0.4) is 0 Å². The predicted molar refractivity (Wildman–Crippen MR) is 148 cm³/mol. The lowest BCUT2D eigenvalue weighted by molar-refractivity contribution is -0.385. The second-order valence-electron chi connectivity index (χ2n) is 8.99. The molecule has 0 aliphatic rings. The van der Waals surface area contributed by atoms with Crippen LogP contribution >= 0.6 is 11.6 Å². The molecule has 0 spiro atoms. The Bertz CT molecular complexity index is 1330. The molecule has 2 N–H and O–H groups in total. The zero-order valence-corrected chi connectivity index (χ0v) is 22.5. The number of nitro benzene ring substituents is 1. The van der Waals surface area contributed by atoms with Crippen molar-refractivity contribution in [1.29, 1.82) is 0 Å². The Morgan fingerprint density at radius 3 is 2.38 bits per heavy atom. The van der Waals surface area contributed by atoms with E-state index in [1.54, 1.807) is 24.3 Å². The second kappa shape index (κ2) is 13.9. The number of nitrogens with zero attached hydrogens (tertiary/aromatic N) is 2. The average Bonchev–Trinajstić information content (AvgIpc) is 2.92. The molecular weight excluding hydrogens is 524 g/mol. The zero-order chi connectivity index (χ0) is 28.4. The first-order valence-electron chi connectivity index (χ1n) is 12.1. The molecule has 1 unspecified atom stereocenters. The second-order valence-corrected chi connectivity index (χ2v) is 9.43. The Balaban J connectivity index is 1.75. The van der Waals surface area contributed by atoms with Gasteiger partial charge in [0.25, 0.3) is 17.5 Å². The van der Waals surface area contributed by atoms with Crippen molar-refractivity contribution in [2.45, 2.75) is 32.9 Å². The standard InChI is InChI=1S/C28H29ClN4O6/c1-18(2)13-23(31-27(34)20-9-11-22(29)12-10-20)28(35)32-30-16-21-14-25(38-3)26(15-24(21)33(36)37)39-17-19-7-5-4-6-8-19/h4-12,14-16,18,23H,13,17H2,1-3H3,(H,31,34)(H,32,35)/b30-16+. The molecule has 0 aliphatic carbocycles. The molecule has 0 aromatic heterocycles. The maximum absolute atomic E-state index is 12.9. The van der Waals surface area contributed by atoms with E-state index in [-0.39, 0.29) is 35.3 Å².